The monoisotopic (exact) mass is 232 g/mol. The summed E-state index contributed by atoms with van der Waals surface area (Å²) in [7, 11) is 0. The molecule has 0 aliphatic heterocycles. The number of carbonyl (C=O) groups is 2. The fourth-order valence-corrected chi connectivity index (χ4v) is 0.641. The molecule has 4 nitrogen and oxygen atoms in total. The van der Waals surface area contributed by atoms with E-state index < -0.39 is 17.9 Å². The van der Waals surface area contributed by atoms with E-state index in [4.69, 9.17) is 0 Å². The van der Waals surface area contributed by atoms with Gasteiger partial charge in [-0.3, -0.25) is 0 Å². The fourth-order valence-electron chi connectivity index (χ4n) is 0.641. The summed E-state index contributed by atoms with van der Waals surface area (Å²) in [6.45, 7) is 1.52. The Morgan fingerprint density at radius 2 is 1.45 bits per heavy atom. The van der Waals surface area contributed by atoms with Crippen LogP contribution in [-0.2, 0) is 9.59 Å². The first-order valence-corrected chi connectivity index (χ1v) is 2.92. The number of hydrogen-bond acceptors (Lipinski definition) is 4. The van der Waals surface area contributed by atoms with Gasteiger partial charge in [0.15, 0.2) is 0 Å². The van der Waals surface area contributed by atoms with Gasteiger partial charge in [-0.25, -0.2) is 0 Å². The van der Waals surface area contributed by atoms with E-state index >= 15 is 0 Å². The Bertz CT molecular complexity index is 130. The second-order valence-corrected chi connectivity index (χ2v) is 2.26. The maximum Gasteiger partial charge on any atom is 2.00 e. The minimum absolute atomic E-state index is 0. The van der Waals surface area contributed by atoms with E-state index in [0.29, 0.717) is 0 Å². The Balaban J connectivity index is 0. The van der Waals surface area contributed by atoms with Crippen LogP contribution in [0.5, 0.6) is 0 Å². The quantitative estimate of drug-likeness (QED) is 0.502. The Morgan fingerprint density at radius 3 is 1.64 bits per heavy atom. The second-order valence-electron chi connectivity index (χ2n) is 2.26. The van der Waals surface area contributed by atoms with Gasteiger partial charge in [-0.1, -0.05) is 6.92 Å². The summed E-state index contributed by atoms with van der Waals surface area (Å²) in [5.74, 6) is -2.86. The van der Waals surface area contributed by atoms with Crippen molar-refractivity contribution < 1.29 is 19.8 Å². The molecule has 0 amide bonds. The smallest absolute Gasteiger partial charge is 0.550 e. The summed E-state index contributed by atoms with van der Waals surface area (Å²) in [5, 5.41) is 19.7. The Hall–Kier alpha value is 0.421. The zero-order valence-corrected chi connectivity index (χ0v) is 9.81. The molecule has 0 saturated heterocycles. The summed E-state index contributed by atoms with van der Waals surface area (Å²) < 4.78 is 0. The summed E-state index contributed by atoms with van der Waals surface area (Å²) in [6.07, 6.45) is -0.456. The number of rotatable bonds is 4. The third-order valence-electron chi connectivity index (χ3n) is 1.03. The van der Waals surface area contributed by atoms with Crippen molar-refractivity contribution in [3.05, 3.63) is 0 Å². The normalized spacial score (nSPS) is 8.91. The molecule has 0 spiro atoms. The van der Waals surface area contributed by atoms with E-state index in [2.05, 4.69) is 0 Å². The van der Waals surface area contributed by atoms with Gasteiger partial charge in [-0.15, -0.1) is 0 Å². The molecule has 58 valence electrons. The van der Waals surface area contributed by atoms with Crippen LogP contribution in [0.25, 0.3) is 0 Å². The van der Waals surface area contributed by atoms with E-state index in [1.165, 1.54) is 6.92 Å². The van der Waals surface area contributed by atoms with Crippen molar-refractivity contribution in [1.82, 2.24) is 0 Å². The molecule has 0 aromatic heterocycles. The maximum absolute atomic E-state index is 9.87. The van der Waals surface area contributed by atoms with Gasteiger partial charge in [-0.05, 0) is 18.8 Å². The van der Waals surface area contributed by atoms with E-state index in [1.807, 2.05) is 0 Å². The number of carboxylic acid groups (broad SMARTS) is 2. The first-order chi connectivity index (χ1) is 4.52. The van der Waals surface area contributed by atoms with Crippen molar-refractivity contribution in [2.24, 2.45) is 5.92 Å². The number of hydrogen-bond donors (Lipinski definition) is 0. The molecule has 11 heavy (non-hydrogen) atoms. The van der Waals surface area contributed by atoms with E-state index in [1.54, 1.807) is 0 Å². The van der Waals surface area contributed by atoms with Crippen LogP contribution in [-0.4, -0.2) is 57.4 Å². The van der Waals surface area contributed by atoms with Crippen LogP contribution in [0, 0.1) is 5.92 Å². The minimum atomic E-state index is -1.23. The zero-order valence-electron chi connectivity index (χ0n) is 6.33. The molecule has 0 radical (unpaired) electrons. The van der Waals surface area contributed by atoms with Crippen molar-refractivity contribution in [1.29, 1.82) is 0 Å². The minimum Gasteiger partial charge on any atom is -0.550 e. The van der Waals surface area contributed by atoms with E-state index in [9.17, 15) is 19.8 Å². The largest absolute Gasteiger partial charge is 2.00 e. The molecule has 0 unspecified atom stereocenters. The van der Waals surface area contributed by atoms with Crippen LogP contribution in [0.15, 0.2) is 0 Å². The van der Waals surface area contributed by atoms with Crippen molar-refractivity contribution in [2.75, 3.05) is 0 Å². The van der Waals surface area contributed by atoms with Gasteiger partial charge in [0.1, 0.15) is 0 Å². The van der Waals surface area contributed by atoms with Gasteiger partial charge in [0.2, 0.25) is 0 Å². The average Bonchev–Trinajstić information content (AvgIpc) is 1.58. The Morgan fingerprint density at radius 1 is 1.18 bits per heavy atom. The van der Waals surface area contributed by atoms with Crippen LogP contribution in [0.1, 0.15) is 19.8 Å². The van der Waals surface area contributed by atoms with Crippen LogP contribution in [0.4, 0.5) is 0 Å². The van der Waals surface area contributed by atoms with Crippen LogP contribution in [0.3, 0.4) is 0 Å². The number of aliphatic carboxylic acids is 2. The molecule has 0 N–H and O–H groups in total. The maximum atomic E-state index is 9.87. The average molecular weight is 232 g/mol. The molecule has 0 rings (SSSR count). The molecule has 5 heteroatoms. The molecule has 0 aliphatic carbocycles. The standard InChI is InChI=1S/C6H10O4.Sr/c1-4(2-5(7)8)3-6(9)10;/h4H,2-3H2,1H3,(H,7,8)(H,9,10);/q;+2/p-2. The van der Waals surface area contributed by atoms with E-state index in [-0.39, 0.29) is 58.3 Å². The SMILES string of the molecule is CC(CC(=O)[O-])CC(=O)[O-].[Sr+2]. The third-order valence-corrected chi connectivity index (χ3v) is 1.03. The summed E-state index contributed by atoms with van der Waals surface area (Å²) in [5.41, 5.74) is 0. The third kappa shape index (κ3) is 10.4. The van der Waals surface area contributed by atoms with Gasteiger partial charge in [-0.2, -0.15) is 0 Å². The van der Waals surface area contributed by atoms with E-state index in [0.717, 1.165) is 0 Å². The molecule has 0 bridgehead atoms. The molecule has 0 aliphatic rings. The second kappa shape index (κ2) is 7.09. The van der Waals surface area contributed by atoms with Gasteiger partial charge < -0.3 is 19.8 Å². The van der Waals surface area contributed by atoms with Gasteiger partial charge >= 0.3 is 45.5 Å². The summed E-state index contributed by atoms with van der Waals surface area (Å²) >= 11 is 0. The molecular weight excluding hydrogens is 224 g/mol. The predicted octanol–water partition coefficient (Wildman–Crippen LogP) is -2.48. The predicted molar refractivity (Wildman–Crippen MR) is 34.2 cm³/mol. The molecule has 0 saturated carbocycles. The van der Waals surface area contributed by atoms with Crippen molar-refractivity contribution in [3.8, 4) is 0 Å². The van der Waals surface area contributed by atoms with Crippen molar-refractivity contribution in [3.63, 3.8) is 0 Å². The molecule has 0 aromatic rings. The van der Waals surface area contributed by atoms with Crippen molar-refractivity contribution in [2.45, 2.75) is 19.8 Å². The first-order valence-electron chi connectivity index (χ1n) is 2.92. The van der Waals surface area contributed by atoms with Crippen LogP contribution >= 0.6 is 0 Å². The topological polar surface area (TPSA) is 80.3 Å². The zero-order chi connectivity index (χ0) is 8.15. The molecule has 0 aromatic carbocycles. The molecule has 0 heterocycles. The van der Waals surface area contributed by atoms with Crippen LogP contribution in [0.2, 0.25) is 0 Å². The van der Waals surface area contributed by atoms with Crippen molar-refractivity contribution >= 4 is 57.4 Å². The van der Waals surface area contributed by atoms with Gasteiger partial charge in [0, 0.05) is 11.9 Å². The first kappa shape index (κ1) is 14.0. The number of carboxylic acids is 2. The fraction of sp³-hybridized carbons (Fsp3) is 0.667. The molecule has 0 fully saturated rings. The summed E-state index contributed by atoms with van der Waals surface area (Å²) in [6, 6.07) is 0. The molecule has 0 atom stereocenters. The molecular formula is C6H8O4Sr. The van der Waals surface area contributed by atoms with Crippen LogP contribution < -0.4 is 10.2 Å². The Kier molecular flexibility index (Phi) is 9.01. The Labute approximate surface area is 102 Å². The van der Waals surface area contributed by atoms with Gasteiger partial charge in [0.25, 0.3) is 0 Å². The number of carbonyl (C=O) groups excluding carboxylic acids is 2. The summed E-state index contributed by atoms with van der Waals surface area (Å²) in [4.78, 5) is 19.7. The van der Waals surface area contributed by atoms with Gasteiger partial charge in [0.05, 0.1) is 0 Å².